The van der Waals surface area contributed by atoms with Crippen LogP contribution in [0.3, 0.4) is 0 Å². The smallest absolute Gasteiger partial charge is 1.00 e. The van der Waals surface area contributed by atoms with E-state index < -0.39 is 20.8 Å². The predicted molar refractivity (Wildman–Crippen MR) is 57.4 cm³/mol. The first-order valence-corrected chi connectivity index (χ1v) is 4.19. The quantitative estimate of drug-likeness (QED) is 0.238. The fourth-order valence-electron chi connectivity index (χ4n) is 0. The minimum absolute atomic E-state index is 0. The van der Waals surface area contributed by atoms with E-state index in [0.29, 0.717) is 0 Å². The van der Waals surface area contributed by atoms with Gasteiger partial charge in [-0.25, -0.2) is 0 Å². The second-order valence-corrected chi connectivity index (χ2v) is 2.69. The predicted octanol–water partition coefficient (Wildman–Crippen LogP) is -8.07. The molecule has 106 valence electrons. The average molecular weight is 384 g/mol. The molecule has 0 amide bonds. The van der Waals surface area contributed by atoms with Crippen molar-refractivity contribution in [2.75, 3.05) is 0 Å². The van der Waals surface area contributed by atoms with E-state index in [1.807, 2.05) is 0 Å². The Hall–Kier alpha value is 2.61. The largest absolute Gasteiger partial charge is 1.00 e. The van der Waals surface area contributed by atoms with E-state index in [9.17, 15) is 0 Å². The van der Waals surface area contributed by atoms with E-state index in [-0.39, 0.29) is 113 Å². The van der Waals surface area contributed by atoms with Gasteiger partial charge in [0.2, 0.25) is 0 Å². The molecule has 0 atom stereocenters. The fraction of sp³-hybridized carbons (Fsp3) is 1.00. The molecule has 0 rings (SSSR count). The SMILES string of the molecule is C.C.Cl.Cl.O=S(=O)(O)O.O=S(=O)(O)O.[Cl-].[H-].[Na+].[Na+]. The summed E-state index contributed by atoms with van der Waals surface area (Å²) in [4.78, 5) is 0. The molecule has 0 aromatic rings. The molecule has 0 radical (unpaired) electrons. The third kappa shape index (κ3) is 754. The molecule has 0 unspecified atom stereocenters. The fourth-order valence-corrected chi connectivity index (χ4v) is 0. The molecule has 0 aromatic carbocycles. The Bertz CT molecular complexity index is 237. The van der Waals surface area contributed by atoms with E-state index in [4.69, 9.17) is 35.0 Å². The van der Waals surface area contributed by atoms with E-state index in [1.165, 1.54) is 0 Å². The summed E-state index contributed by atoms with van der Waals surface area (Å²) in [5, 5.41) is 0. The summed E-state index contributed by atoms with van der Waals surface area (Å²) in [6.07, 6.45) is 0. The van der Waals surface area contributed by atoms with E-state index in [2.05, 4.69) is 0 Å². The molecule has 0 aliphatic carbocycles. The summed E-state index contributed by atoms with van der Waals surface area (Å²) in [6.45, 7) is 0. The third-order valence-corrected chi connectivity index (χ3v) is 0. The van der Waals surface area contributed by atoms with Crippen LogP contribution in [0.1, 0.15) is 16.3 Å². The molecule has 0 aliphatic heterocycles. The first kappa shape index (κ1) is 60.3. The van der Waals surface area contributed by atoms with Crippen molar-refractivity contribution in [2.45, 2.75) is 14.9 Å². The Morgan fingerprint density at radius 2 is 0.647 bits per heavy atom. The van der Waals surface area contributed by atoms with Crippen LogP contribution >= 0.6 is 24.8 Å². The molecule has 4 N–H and O–H groups in total. The van der Waals surface area contributed by atoms with Crippen LogP contribution in [0.15, 0.2) is 0 Å². The van der Waals surface area contributed by atoms with Crippen LogP contribution < -0.4 is 71.5 Å². The van der Waals surface area contributed by atoms with Crippen LogP contribution in [0.5, 0.6) is 0 Å². The van der Waals surface area contributed by atoms with Crippen molar-refractivity contribution in [2.24, 2.45) is 0 Å². The number of hydrogen-bond donors (Lipinski definition) is 4. The topological polar surface area (TPSA) is 149 Å². The Labute approximate surface area is 166 Å². The van der Waals surface area contributed by atoms with Gasteiger partial charge in [-0.3, -0.25) is 18.2 Å². The molecule has 0 bridgehead atoms. The Balaban J connectivity index is -0.00000000615. The van der Waals surface area contributed by atoms with Crippen LogP contribution in [0.2, 0.25) is 0 Å². The van der Waals surface area contributed by atoms with Gasteiger partial charge in [-0.1, -0.05) is 14.9 Å². The molecular formula is C2H15Cl3Na2O8S2. The zero-order valence-corrected chi connectivity index (χ0v) is 15.5. The first-order valence-electron chi connectivity index (χ1n) is 1.40. The molecule has 0 fully saturated rings. The van der Waals surface area contributed by atoms with Crippen molar-refractivity contribution < 1.29 is 108 Å². The molecule has 15 heteroatoms. The summed E-state index contributed by atoms with van der Waals surface area (Å²) in [6, 6.07) is 0. The van der Waals surface area contributed by atoms with Gasteiger partial charge in [0.25, 0.3) is 0 Å². The minimum atomic E-state index is -4.67. The normalized spacial score (nSPS) is 6.82. The molecule has 8 nitrogen and oxygen atoms in total. The standard InChI is InChI=1S/2CH4.3ClH.2Na.2H2O4S.H/c;;;;;;;2*1-5(2,3)4;/h2*1H4;3*1H;;;2*(H2,1,2,3,4);/q;;;;;2*+1;;;-1/p-1. The third-order valence-electron chi connectivity index (χ3n) is 0. The molecular weight excluding hydrogens is 368 g/mol. The van der Waals surface area contributed by atoms with Gasteiger partial charge in [0.1, 0.15) is 0 Å². The van der Waals surface area contributed by atoms with Gasteiger partial charge in [0.05, 0.1) is 0 Å². The first-order chi connectivity index (χ1) is 4.00. The van der Waals surface area contributed by atoms with Crippen LogP contribution in [0.4, 0.5) is 0 Å². The van der Waals surface area contributed by atoms with Gasteiger partial charge in [-0.2, -0.15) is 16.8 Å². The molecule has 0 saturated heterocycles. The maximum atomic E-state index is 8.74. The van der Waals surface area contributed by atoms with Crippen molar-refractivity contribution in [3.8, 4) is 0 Å². The summed E-state index contributed by atoms with van der Waals surface area (Å²) in [5.74, 6) is 0. The molecule has 0 aliphatic rings. The van der Waals surface area contributed by atoms with Crippen LogP contribution in [-0.2, 0) is 20.8 Å². The Morgan fingerprint density at radius 1 is 0.647 bits per heavy atom. The number of halogens is 3. The van der Waals surface area contributed by atoms with Crippen molar-refractivity contribution >= 4 is 45.6 Å². The van der Waals surface area contributed by atoms with Crippen LogP contribution in [-0.4, -0.2) is 35.0 Å². The average Bonchev–Trinajstić information content (AvgIpc) is 1.12. The molecule has 0 saturated carbocycles. The van der Waals surface area contributed by atoms with Crippen molar-refractivity contribution in [3.05, 3.63) is 0 Å². The zero-order valence-electron chi connectivity index (χ0n) is 8.43. The van der Waals surface area contributed by atoms with Crippen molar-refractivity contribution in [1.29, 1.82) is 0 Å². The van der Waals surface area contributed by atoms with Gasteiger partial charge in [-0.05, 0) is 0 Å². The van der Waals surface area contributed by atoms with Gasteiger partial charge in [0, 0.05) is 0 Å². The summed E-state index contributed by atoms with van der Waals surface area (Å²) < 4.78 is 63.2. The van der Waals surface area contributed by atoms with E-state index in [0.717, 1.165) is 0 Å². The van der Waals surface area contributed by atoms with E-state index in [1.54, 1.807) is 0 Å². The number of hydrogen-bond acceptors (Lipinski definition) is 4. The minimum Gasteiger partial charge on any atom is -1.00 e. The monoisotopic (exact) mass is 382 g/mol. The van der Waals surface area contributed by atoms with Gasteiger partial charge in [-0.15, -0.1) is 24.8 Å². The van der Waals surface area contributed by atoms with Crippen molar-refractivity contribution in [3.63, 3.8) is 0 Å². The van der Waals surface area contributed by atoms with E-state index >= 15 is 0 Å². The molecule has 0 heterocycles. The van der Waals surface area contributed by atoms with Gasteiger partial charge < -0.3 is 13.8 Å². The number of rotatable bonds is 0. The van der Waals surface area contributed by atoms with Crippen LogP contribution in [0, 0.1) is 0 Å². The summed E-state index contributed by atoms with van der Waals surface area (Å²) >= 11 is 0. The zero-order chi connectivity index (χ0) is 9.00. The van der Waals surface area contributed by atoms with Gasteiger partial charge >= 0.3 is 79.9 Å². The summed E-state index contributed by atoms with van der Waals surface area (Å²) in [5.41, 5.74) is 0. The van der Waals surface area contributed by atoms with Crippen molar-refractivity contribution in [1.82, 2.24) is 0 Å². The molecule has 0 spiro atoms. The van der Waals surface area contributed by atoms with Gasteiger partial charge in [0.15, 0.2) is 0 Å². The summed E-state index contributed by atoms with van der Waals surface area (Å²) in [7, 11) is -9.33. The second kappa shape index (κ2) is 27.0. The molecule has 0 aromatic heterocycles. The Kier molecular flexibility index (Phi) is 96.0. The molecule has 17 heavy (non-hydrogen) atoms. The van der Waals surface area contributed by atoms with Crippen LogP contribution in [0.25, 0.3) is 0 Å². The second-order valence-electron chi connectivity index (χ2n) is 0.896. The maximum Gasteiger partial charge on any atom is 1.00 e. The maximum absolute atomic E-state index is 8.74. The Morgan fingerprint density at radius 3 is 0.647 bits per heavy atom.